The van der Waals surface area contributed by atoms with Crippen molar-refractivity contribution in [3.05, 3.63) is 72.8 Å². The topological polar surface area (TPSA) is 35.5 Å². The number of rotatable bonds is 6. The third kappa shape index (κ3) is 3.87. The van der Waals surface area contributed by atoms with Gasteiger partial charge in [0, 0.05) is 38.8 Å². The third-order valence-corrected chi connectivity index (χ3v) is 11.9. The molecule has 4 saturated carbocycles. The van der Waals surface area contributed by atoms with Crippen molar-refractivity contribution in [2.45, 2.75) is 58.0 Å². The highest BCUT2D eigenvalue weighted by Crippen LogP contribution is 2.64. The molecule has 0 unspecified atom stereocenters. The van der Waals surface area contributed by atoms with Gasteiger partial charge in [0.2, 0.25) is 0 Å². The average molecular weight is 512 g/mol. The first-order valence-corrected chi connectivity index (χ1v) is 15.0. The van der Waals surface area contributed by atoms with Crippen LogP contribution in [0.4, 0.5) is 0 Å². The molecule has 8 rings (SSSR count). The Morgan fingerprint density at radius 2 is 1.32 bits per heavy atom. The lowest BCUT2D eigenvalue weighted by molar-refractivity contribution is -0.200. The molecule has 4 aliphatic rings. The Hall–Kier alpha value is -2.85. The van der Waals surface area contributed by atoms with E-state index in [1.54, 1.807) is 0 Å². The second kappa shape index (κ2) is 8.59. The molecule has 0 N–H and O–H groups in total. The Balaban J connectivity index is 1.05. The molecule has 4 aromatic rings. The van der Waals surface area contributed by atoms with E-state index >= 15 is 0 Å². The summed E-state index contributed by atoms with van der Waals surface area (Å²) in [4.78, 5) is 14.2. The van der Waals surface area contributed by atoms with E-state index in [-0.39, 0.29) is 28.5 Å². The van der Waals surface area contributed by atoms with Gasteiger partial charge in [0.25, 0.3) is 0 Å². The van der Waals surface area contributed by atoms with Crippen molar-refractivity contribution in [2.75, 3.05) is 6.61 Å². The number of ether oxygens (including phenoxy) is 2. The molecule has 0 spiro atoms. The fourth-order valence-electron chi connectivity index (χ4n) is 8.19. The summed E-state index contributed by atoms with van der Waals surface area (Å²) < 4.78 is 14.8. The predicted octanol–water partition coefficient (Wildman–Crippen LogP) is 8.65. The summed E-state index contributed by atoms with van der Waals surface area (Å²) in [5.41, 5.74) is -0.300. The van der Waals surface area contributed by atoms with E-state index in [9.17, 15) is 4.79 Å². The van der Waals surface area contributed by atoms with Crippen LogP contribution in [0.2, 0.25) is 0 Å². The molecule has 1 aromatic heterocycles. The van der Waals surface area contributed by atoms with Gasteiger partial charge < -0.3 is 9.47 Å². The predicted molar refractivity (Wildman–Crippen MR) is 152 cm³/mol. The molecule has 0 atom stereocenters. The maximum atomic E-state index is 12.9. The van der Waals surface area contributed by atoms with E-state index in [1.807, 2.05) is 12.1 Å². The Kier molecular flexibility index (Phi) is 5.41. The first-order valence-electron chi connectivity index (χ1n) is 13.8. The molecule has 0 aliphatic heterocycles. The highest BCUT2D eigenvalue weighted by atomic mass is 32.2. The van der Waals surface area contributed by atoms with Gasteiger partial charge in [-0.25, -0.2) is 4.79 Å². The summed E-state index contributed by atoms with van der Waals surface area (Å²) in [6.07, 6.45) is 7.82. The van der Waals surface area contributed by atoms with E-state index < -0.39 is 5.60 Å². The standard InChI is InChI=1S/C33H35O3S/c1-32(2,33-18-22-15-23(19-33)17-24(16-22)20-33)36-31(34)21-35-25-11-13-26(14-12-25)37-29-9-5-3-7-27(29)28-8-4-6-10-30(28)37/h3-14,22-24H,15-21H2,1-2H3/q+1. The van der Waals surface area contributed by atoms with Crippen molar-refractivity contribution in [3.8, 4) is 10.6 Å². The molecule has 37 heavy (non-hydrogen) atoms. The first kappa shape index (κ1) is 23.3. The number of hydrogen-bond donors (Lipinski definition) is 0. The average Bonchev–Trinajstić information content (AvgIpc) is 3.21. The number of carbonyl (C=O) groups is 1. The van der Waals surface area contributed by atoms with Gasteiger partial charge in [-0.3, -0.25) is 0 Å². The second-order valence-corrected chi connectivity index (χ2v) is 14.2. The summed E-state index contributed by atoms with van der Waals surface area (Å²) in [6.45, 7) is 4.24. The largest absolute Gasteiger partial charge is 0.482 e. The summed E-state index contributed by atoms with van der Waals surface area (Å²) in [6, 6.07) is 25.7. The number of fused-ring (bicyclic) bond motifs is 3. The van der Waals surface area contributed by atoms with Gasteiger partial charge in [0.05, 0.1) is 0 Å². The first-order chi connectivity index (χ1) is 17.9. The second-order valence-electron chi connectivity index (χ2n) is 12.2. The maximum absolute atomic E-state index is 12.9. The minimum atomic E-state index is -0.447. The molecular formula is C33H35O3S+. The highest BCUT2D eigenvalue weighted by Gasteiger charge is 2.58. The van der Waals surface area contributed by atoms with Gasteiger partial charge in [-0.2, -0.15) is 0 Å². The summed E-state index contributed by atoms with van der Waals surface area (Å²) in [7, 11) is -0.128. The molecule has 3 nitrogen and oxygen atoms in total. The van der Waals surface area contributed by atoms with E-state index in [0.29, 0.717) is 5.75 Å². The van der Waals surface area contributed by atoms with Gasteiger partial charge in [-0.1, -0.05) is 24.3 Å². The lowest BCUT2D eigenvalue weighted by Crippen LogP contribution is -2.57. The van der Waals surface area contributed by atoms with Crippen LogP contribution in [0.25, 0.3) is 25.1 Å². The summed E-state index contributed by atoms with van der Waals surface area (Å²) in [5, 5.41) is 2.65. The summed E-state index contributed by atoms with van der Waals surface area (Å²) in [5.74, 6) is 2.94. The van der Waals surface area contributed by atoms with Crippen LogP contribution in [0.15, 0.2) is 72.8 Å². The van der Waals surface area contributed by atoms with Gasteiger partial charge in [-0.15, -0.1) is 0 Å². The zero-order valence-corrected chi connectivity index (χ0v) is 22.6. The molecule has 4 heteroatoms. The van der Waals surface area contributed by atoms with Crippen molar-refractivity contribution < 1.29 is 14.3 Å². The summed E-state index contributed by atoms with van der Waals surface area (Å²) >= 11 is 0. The molecule has 4 aliphatic carbocycles. The normalized spacial score (nSPS) is 26.6. The lowest BCUT2D eigenvalue weighted by Gasteiger charge is -2.61. The molecule has 3 aromatic carbocycles. The van der Waals surface area contributed by atoms with E-state index in [0.717, 1.165) is 17.8 Å². The zero-order valence-electron chi connectivity index (χ0n) is 21.7. The molecule has 190 valence electrons. The van der Waals surface area contributed by atoms with Crippen LogP contribution in [0, 0.1) is 23.2 Å². The van der Waals surface area contributed by atoms with Crippen LogP contribution in [0.5, 0.6) is 5.75 Å². The van der Waals surface area contributed by atoms with Crippen molar-refractivity contribution in [3.63, 3.8) is 0 Å². The number of carbonyl (C=O) groups excluding carboxylic acids is 1. The molecule has 4 fully saturated rings. The minimum Gasteiger partial charge on any atom is -0.482 e. The number of benzene rings is 3. The van der Waals surface area contributed by atoms with Gasteiger partial charge in [0.1, 0.15) is 11.4 Å². The Morgan fingerprint density at radius 1 is 0.811 bits per heavy atom. The zero-order chi connectivity index (χ0) is 25.2. The lowest BCUT2D eigenvalue weighted by atomic mass is 9.46. The molecule has 0 amide bonds. The smallest absolute Gasteiger partial charge is 0.344 e. The van der Waals surface area contributed by atoms with Gasteiger partial charge in [-0.05, 0) is 107 Å². The number of thiophene rings is 1. The SMILES string of the molecule is CC(C)(OC(=O)COc1ccc(-[s+]2c3ccccc3c3ccccc32)cc1)C12CC3CC(CC(C3)C1)C2. The van der Waals surface area contributed by atoms with E-state index in [1.165, 1.54) is 63.6 Å². The fraction of sp³-hybridized carbons (Fsp3) is 0.424. The highest BCUT2D eigenvalue weighted by molar-refractivity contribution is 7.50. The van der Waals surface area contributed by atoms with Crippen molar-refractivity contribution in [2.24, 2.45) is 23.2 Å². The molecule has 1 heterocycles. The number of hydrogen-bond acceptors (Lipinski definition) is 3. The van der Waals surface area contributed by atoms with Crippen LogP contribution >= 0.6 is 10.5 Å². The monoisotopic (exact) mass is 511 g/mol. The third-order valence-electron chi connectivity index (χ3n) is 9.60. The molecule has 0 saturated heterocycles. The van der Waals surface area contributed by atoms with E-state index in [4.69, 9.17) is 9.47 Å². The fourth-order valence-corrected chi connectivity index (χ4v) is 10.6. The van der Waals surface area contributed by atoms with Crippen molar-refractivity contribution in [1.29, 1.82) is 0 Å². The number of esters is 1. The van der Waals surface area contributed by atoms with E-state index in [2.05, 4.69) is 74.5 Å². The van der Waals surface area contributed by atoms with Crippen LogP contribution in [-0.2, 0) is 9.53 Å². The molecular weight excluding hydrogens is 476 g/mol. The quantitative estimate of drug-likeness (QED) is 0.192. The Labute approximate surface area is 221 Å². The van der Waals surface area contributed by atoms with Crippen LogP contribution in [-0.4, -0.2) is 18.2 Å². The molecule has 4 bridgehead atoms. The van der Waals surface area contributed by atoms with Crippen LogP contribution in [0.1, 0.15) is 52.4 Å². The maximum Gasteiger partial charge on any atom is 0.344 e. The van der Waals surface area contributed by atoms with Gasteiger partial charge >= 0.3 is 5.97 Å². The van der Waals surface area contributed by atoms with Crippen LogP contribution < -0.4 is 4.74 Å². The minimum absolute atomic E-state index is 0.0491. The Bertz CT molecular complexity index is 1390. The molecule has 0 radical (unpaired) electrons. The van der Waals surface area contributed by atoms with Gasteiger partial charge in [0.15, 0.2) is 20.9 Å². The van der Waals surface area contributed by atoms with Crippen molar-refractivity contribution >= 4 is 36.6 Å². The van der Waals surface area contributed by atoms with Crippen molar-refractivity contribution in [1.82, 2.24) is 0 Å². The Morgan fingerprint density at radius 3 is 1.86 bits per heavy atom. The van der Waals surface area contributed by atoms with Crippen LogP contribution in [0.3, 0.4) is 0 Å².